The molecule has 98 valence electrons. The fourth-order valence-electron chi connectivity index (χ4n) is 2.40. The fourth-order valence-corrected chi connectivity index (χ4v) is 2.40. The van der Waals surface area contributed by atoms with Crippen LogP contribution in [0.3, 0.4) is 0 Å². The van der Waals surface area contributed by atoms with Crippen LogP contribution in [0.15, 0.2) is 35.0 Å². The molecule has 0 aliphatic heterocycles. The van der Waals surface area contributed by atoms with E-state index < -0.39 is 0 Å². The summed E-state index contributed by atoms with van der Waals surface area (Å²) in [5.74, 6) is 0.814. The van der Waals surface area contributed by atoms with Crippen molar-refractivity contribution in [2.75, 3.05) is 0 Å². The first-order valence-corrected chi connectivity index (χ1v) is 6.30. The van der Waals surface area contributed by atoms with Crippen molar-refractivity contribution in [3.63, 3.8) is 0 Å². The summed E-state index contributed by atoms with van der Waals surface area (Å²) in [7, 11) is 1.88. The molecule has 3 rings (SSSR count). The summed E-state index contributed by atoms with van der Waals surface area (Å²) in [5, 5.41) is 5.29. The number of aromatic nitrogens is 2. The van der Waals surface area contributed by atoms with Crippen molar-refractivity contribution >= 4 is 11.0 Å². The lowest BCUT2D eigenvalue weighted by atomic mass is 10.0. The highest BCUT2D eigenvalue weighted by Gasteiger charge is 2.19. The molecule has 1 aromatic carbocycles. The number of aryl methyl sites for hydroxylation is 3. The second-order valence-electron chi connectivity index (χ2n) is 5.02. The van der Waals surface area contributed by atoms with E-state index in [0.29, 0.717) is 0 Å². The zero-order valence-electron chi connectivity index (χ0n) is 11.3. The number of nitrogens with two attached hydrogens (primary N) is 1. The van der Waals surface area contributed by atoms with Crippen LogP contribution in [0, 0.1) is 13.8 Å². The Labute approximate surface area is 111 Å². The Morgan fingerprint density at radius 3 is 2.79 bits per heavy atom. The molecule has 1 unspecified atom stereocenters. The van der Waals surface area contributed by atoms with Gasteiger partial charge >= 0.3 is 0 Å². The maximum Gasteiger partial charge on any atom is 0.134 e. The van der Waals surface area contributed by atoms with Crippen LogP contribution in [-0.4, -0.2) is 9.78 Å². The quantitative estimate of drug-likeness (QED) is 0.766. The van der Waals surface area contributed by atoms with Gasteiger partial charge in [-0.05, 0) is 26.0 Å². The smallest absolute Gasteiger partial charge is 0.134 e. The predicted molar refractivity (Wildman–Crippen MR) is 74.9 cm³/mol. The number of furan rings is 1. The Morgan fingerprint density at radius 2 is 2.11 bits per heavy atom. The number of rotatable bonds is 2. The summed E-state index contributed by atoms with van der Waals surface area (Å²) < 4.78 is 7.66. The van der Waals surface area contributed by atoms with Crippen molar-refractivity contribution in [1.29, 1.82) is 0 Å². The standard InChI is InChI=1S/C15H17N3O/c1-9-4-5-13-12(6-9)10(2)15(19-13)14(16)11-7-17-18(3)8-11/h4-8,14H,16H2,1-3H3. The van der Waals surface area contributed by atoms with E-state index in [1.165, 1.54) is 5.56 Å². The van der Waals surface area contributed by atoms with Crippen LogP contribution in [0.1, 0.15) is 28.5 Å². The normalized spacial score (nSPS) is 13.1. The minimum absolute atomic E-state index is 0.276. The first-order chi connectivity index (χ1) is 9.06. The molecule has 0 saturated carbocycles. The zero-order chi connectivity index (χ0) is 13.6. The van der Waals surface area contributed by atoms with Crippen molar-refractivity contribution in [3.05, 3.63) is 53.0 Å². The van der Waals surface area contributed by atoms with Gasteiger partial charge in [0.2, 0.25) is 0 Å². The average Bonchev–Trinajstić information content (AvgIpc) is 2.94. The maximum atomic E-state index is 6.29. The molecule has 0 saturated heterocycles. The third-order valence-electron chi connectivity index (χ3n) is 3.50. The Hall–Kier alpha value is -2.07. The van der Waals surface area contributed by atoms with E-state index in [1.807, 2.05) is 25.4 Å². The van der Waals surface area contributed by atoms with Crippen LogP contribution in [0.5, 0.6) is 0 Å². The fraction of sp³-hybridized carbons (Fsp3) is 0.267. The first kappa shape index (κ1) is 12.0. The highest BCUT2D eigenvalue weighted by Crippen LogP contribution is 2.31. The topological polar surface area (TPSA) is 57.0 Å². The molecule has 2 heterocycles. The molecule has 2 N–H and O–H groups in total. The van der Waals surface area contributed by atoms with Gasteiger partial charge in [0.1, 0.15) is 11.3 Å². The Morgan fingerprint density at radius 1 is 1.32 bits per heavy atom. The molecule has 0 aliphatic rings. The van der Waals surface area contributed by atoms with Crippen molar-refractivity contribution in [2.45, 2.75) is 19.9 Å². The summed E-state index contributed by atoms with van der Waals surface area (Å²) in [6.45, 7) is 4.13. The maximum absolute atomic E-state index is 6.29. The molecule has 0 aliphatic carbocycles. The molecule has 4 heteroatoms. The number of benzene rings is 1. The number of nitrogens with zero attached hydrogens (tertiary/aromatic N) is 2. The van der Waals surface area contributed by atoms with Gasteiger partial charge in [-0.2, -0.15) is 5.10 Å². The minimum Gasteiger partial charge on any atom is -0.459 e. The molecule has 2 aromatic heterocycles. The van der Waals surface area contributed by atoms with Crippen LogP contribution < -0.4 is 5.73 Å². The van der Waals surface area contributed by atoms with E-state index in [4.69, 9.17) is 10.2 Å². The predicted octanol–water partition coefficient (Wildman–Crippen LogP) is 2.83. The van der Waals surface area contributed by atoms with Crippen LogP contribution in [-0.2, 0) is 7.05 Å². The highest BCUT2D eigenvalue weighted by atomic mass is 16.3. The molecule has 0 fully saturated rings. The van der Waals surface area contributed by atoms with Crippen molar-refractivity contribution < 1.29 is 4.42 Å². The van der Waals surface area contributed by atoms with E-state index in [0.717, 1.165) is 27.9 Å². The van der Waals surface area contributed by atoms with Crippen LogP contribution in [0.4, 0.5) is 0 Å². The molecule has 19 heavy (non-hydrogen) atoms. The molecule has 0 spiro atoms. The molecule has 1 atom stereocenters. The molecule has 0 bridgehead atoms. The van der Waals surface area contributed by atoms with Gasteiger partial charge in [-0.1, -0.05) is 11.6 Å². The molecular formula is C15H17N3O. The van der Waals surface area contributed by atoms with Crippen molar-refractivity contribution in [1.82, 2.24) is 9.78 Å². The van der Waals surface area contributed by atoms with Gasteiger partial charge in [-0.25, -0.2) is 0 Å². The molecule has 0 amide bonds. The molecule has 3 aromatic rings. The minimum atomic E-state index is -0.276. The van der Waals surface area contributed by atoms with Crippen molar-refractivity contribution in [2.24, 2.45) is 12.8 Å². The van der Waals surface area contributed by atoms with Gasteiger partial charge < -0.3 is 10.2 Å². The third kappa shape index (κ3) is 1.94. The third-order valence-corrected chi connectivity index (χ3v) is 3.50. The van der Waals surface area contributed by atoms with Gasteiger partial charge in [0.05, 0.1) is 12.2 Å². The summed E-state index contributed by atoms with van der Waals surface area (Å²) in [6.07, 6.45) is 3.70. The number of fused-ring (bicyclic) bond motifs is 1. The van der Waals surface area contributed by atoms with E-state index in [1.54, 1.807) is 10.9 Å². The van der Waals surface area contributed by atoms with E-state index >= 15 is 0 Å². The number of hydrogen-bond acceptors (Lipinski definition) is 3. The van der Waals surface area contributed by atoms with Gasteiger partial charge in [-0.15, -0.1) is 0 Å². The SMILES string of the molecule is Cc1ccc2oc(C(N)c3cnn(C)c3)c(C)c2c1. The summed E-state index contributed by atoms with van der Waals surface area (Å²) in [4.78, 5) is 0. The van der Waals surface area contributed by atoms with Crippen molar-refractivity contribution in [3.8, 4) is 0 Å². The lowest BCUT2D eigenvalue weighted by Gasteiger charge is -2.06. The lowest BCUT2D eigenvalue weighted by molar-refractivity contribution is 0.521. The summed E-state index contributed by atoms with van der Waals surface area (Å²) in [5.41, 5.74) is 10.5. The molecular weight excluding hydrogens is 238 g/mol. The Bertz CT molecular complexity index is 739. The Kier molecular flexibility index (Phi) is 2.68. The summed E-state index contributed by atoms with van der Waals surface area (Å²) in [6, 6.07) is 5.90. The van der Waals surface area contributed by atoms with Gasteiger partial charge in [0.25, 0.3) is 0 Å². The van der Waals surface area contributed by atoms with Gasteiger partial charge in [0, 0.05) is 29.8 Å². The van der Waals surface area contributed by atoms with E-state index in [2.05, 4.69) is 25.0 Å². The monoisotopic (exact) mass is 255 g/mol. The number of hydrogen-bond donors (Lipinski definition) is 1. The second kappa shape index (κ2) is 4.24. The zero-order valence-corrected chi connectivity index (χ0v) is 11.3. The van der Waals surface area contributed by atoms with Gasteiger partial charge in [0.15, 0.2) is 0 Å². The largest absolute Gasteiger partial charge is 0.459 e. The van der Waals surface area contributed by atoms with Crippen LogP contribution in [0.25, 0.3) is 11.0 Å². The average molecular weight is 255 g/mol. The van der Waals surface area contributed by atoms with E-state index in [9.17, 15) is 0 Å². The molecule has 0 radical (unpaired) electrons. The van der Waals surface area contributed by atoms with Gasteiger partial charge in [-0.3, -0.25) is 4.68 Å². The highest BCUT2D eigenvalue weighted by molar-refractivity contribution is 5.83. The van der Waals surface area contributed by atoms with Crippen LogP contribution >= 0.6 is 0 Å². The Balaban J connectivity index is 2.12. The lowest BCUT2D eigenvalue weighted by Crippen LogP contribution is -2.11. The summed E-state index contributed by atoms with van der Waals surface area (Å²) >= 11 is 0. The van der Waals surface area contributed by atoms with Crippen LogP contribution in [0.2, 0.25) is 0 Å². The first-order valence-electron chi connectivity index (χ1n) is 6.30. The van der Waals surface area contributed by atoms with E-state index in [-0.39, 0.29) is 6.04 Å². The molecule has 4 nitrogen and oxygen atoms in total. The second-order valence-corrected chi connectivity index (χ2v) is 5.02.